The normalized spacial score (nSPS) is 10.7. The van der Waals surface area contributed by atoms with Crippen molar-refractivity contribution in [1.29, 1.82) is 0 Å². The van der Waals surface area contributed by atoms with E-state index in [0.29, 0.717) is 0 Å². The minimum atomic E-state index is 0.758. The first-order chi connectivity index (χ1) is 11.9. The number of para-hydroxylation sites is 1. The number of benzene rings is 2. The van der Waals surface area contributed by atoms with Crippen molar-refractivity contribution >= 4 is 0 Å². The third-order valence-electron chi connectivity index (χ3n) is 3.76. The quantitative estimate of drug-likeness (QED) is 0.683. The largest absolute Gasteiger partial charge is 0.494 e. The molecular formula is C20H23N3O. The van der Waals surface area contributed by atoms with E-state index in [1.807, 2.05) is 35.1 Å². The molecule has 3 aromatic rings. The maximum absolute atomic E-state index is 5.69. The van der Waals surface area contributed by atoms with Crippen molar-refractivity contribution in [2.24, 2.45) is 0 Å². The standard InChI is InChI=1S/C20H23N3O/c1-2-13-24-19-9-5-7-17(14-19)15-21-16-18-8-3-4-10-20(18)23-12-6-11-22-23/h3-12,14,21H,2,13,15-16H2,1H3. The zero-order chi connectivity index (χ0) is 16.6. The van der Waals surface area contributed by atoms with E-state index in [1.165, 1.54) is 11.1 Å². The second-order valence-electron chi connectivity index (χ2n) is 5.68. The molecule has 24 heavy (non-hydrogen) atoms. The Balaban J connectivity index is 1.61. The summed E-state index contributed by atoms with van der Waals surface area (Å²) in [6.07, 6.45) is 4.78. The van der Waals surface area contributed by atoms with Crippen molar-refractivity contribution < 1.29 is 4.74 Å². The third kappa shape index (κ3) is 4.24. The number of hydrogen-bond acceptors (Lipinski definition) is 3. The van der Waals surface area contributed by atoms with Gasteiger partial charge >= 0.3 is 0 Å². The molecule has 1 aromatic heterocycles. The van der Waals surface area contributed by atoms with E-state index in [-0.39, 0.29) is 0 Å². The maximum Gasteiger partial charge on any atom is 0.119 e. The lowest BCUT2D eigenvalue weighted by atomic mass is 10.1. The molecule has 0 saturated heterocycles. The Labute approximate surface area is 143 Å². The van der Waals surface area contributed by atoms with E-state index in [1.54, 1.807) is 6.20 Å². The smallest absolute Gasteiger partial charge is 0.119 e. The van der Waals surface area contributed by atoms with Crippen LogP contribution in [-0.2, 0) is 13.1 Å². The summed E-state index contributed by atoms with van der Waals surface area (Å²) in [6, 6.07) is 18.5. The SMILES string of the molecule is CCCOc1cccc(CNCc2ccccc2-n2cccn2)c1. The number of aromatic nitrogens is 2. The van der Waals surface area contributed by atoms with Crippen molar-refractivity contribution in [3.05, 3.63) is 78.1 Å². The van der Waals surface area contributed by atoms with E-state index in [4.69, 9.17) is 4.74 Å². The van der Waals surface area contributed by atoms with Gasteiger partial charge in [-0.05, 0) is 41.8 Å². The molecule has 0 spiro atoms. The van der Waals surface area contributed by atoms with Crippen LogP contribution in [0.3, 0.4) is 0 Å². The van der Waals surface area contributed by atoms with Crippen LogP contribution in [0.15, 0.2) is 67.0 Å². The number of ether oxygens (including phenoxy) is 1. The highest BCUT2D eigenvalue weighted by Crippen LogP contribution is 2.15. The molecule has 0 aliphatic rings. The van der Waals surface area contributed by atoms with Gasteiger partial charge < -0.3 is 10.1 Å². The fourth-order valence-electron chi connectivity index (χ4n) is 2.60. The van der Waals surface area contributed by atoms with Crippen molar-refractivity contribution in [1.82, 2.24) is 15.1 Å². The van der Waals surface area contributed by atoms with E-state index in [2.05, 4.69) is 47.7 Å². The Morgan fingerprint density at radius 1 is 1.04 bits per heavy atom. The molecule has 0 unspecified atom stereocenters. The highest BCUT2D eigenvalue weighted by atomic mass is 16.5. The monoisotopic (exact) mass is 321 g/mol. The molecular weight excluding hydrogens is 298 g/mol. The minimum Gasteiger partial charge on any atom is -0.494 e. The van der Waals surface area contributed by atoms with Crippen LogP contribution in [0.1, 0.15) is 24.5 Å². The van der Waals surface area contributed by atoms with Gasteiger partial charge in [0.25, 0.3) is 0 Å². The Bertz CT molecular complexity index is 753. The molecule has 3 rings (SSSR count). The summed E-state index contributed by atoms with van der Waals surface area (Å²) < 4.78 is 7.59. The molecule has 0 amide bonds. The molecule has 4 heteroatoms. The van der Waals surface area contributed by atoms with Gasteiger partial charge in [0.2, 0.25) is 0 Å². The summed E-state index contributed by atoms with van der Waals surface area (Å²) in [5.74, 6) is 0.938. The van der Waals surface area contributed by atoms with Gasteiger partial charge in [-0.15, -0.1) is 0 Å². The number of nitrogens with one attached hydrogen (secondary N) is 1. The predicted molar refractivity (Wildman–Crippen MR) is 96.3 cm³/mol. The van der Waals surface area contributed by atoms with Crippen molar-refractivity contribution in [2.45, 2.75) is 26.4 Å². The summed E-state index contributed by atoms with van der Waals surface area (Å²) in [5, 5.41) is 7.83. The Morgan fingerprint density at radius 2 is 1.96 bits per heavy atom. The zero-order valence-electron chi connectivity index (χ0n) is 14.0. The van der Waals surface area contributed by atoms with E-state index < -0.39 is 0 Å². The van der Waals surface area contributed by atoms with Crippen molar-refractivity contribution in [3.8, 4) is 11.4 Å². The van der Waals surface area contributed by atoms with Crippen molar-refractivity contribution in [2.75, 3.05) is 6.61 Å². The van der Waals surface area contributed by atoms with Crippen LogP contribution in [0.5, 0.6) is 5.75 Å². The summed E-state index contributed by atoms with van der Waals surface area (Å²) in [7, 11) is 0. The average molecular weight is 321 g/mol. The van der Waals surface area contributed by atoms with E-state index in [9.17, 15) is 0 Å². The molecule has 0 aliphatic carbocycles. The number of rotatable bonds is 8. The summed E-state index contributed by atoms with van der Waals surface area (Å²) >= 11 is 0. The van der Waals surface area contributed by atoms with Crippen LogP contribution in [0.25, 0.3) is 5.69 Å². The van der Waals surface area contributed by atoms with Gasteiger partial charge in [-0.2, -0.15) is 5.10 Å². The molecule has 0 radical (unpaired) electrons. The summed E-state index contributed by atoms with van der Waals surface area (Å²) in [4.78, 5) is 0. The molecule has 4 nitrogen and oxygen atoms in total. The van der Waals surface area contributed by atoms with Gasteiger partial charge in [0.1, 0.15) is 5.75 Å². The summed E-state index contributed by atoms with van der Waals surface area (Å²) in [5.41, 5.74) is 3.55. The molecule has 0 aliphatic heterocycles. The lowest BCUT2D eigenvalue weighted by Gasteiger charge is -2.11. The fraction of sp³-hybridized carbons (Fsp3) is 0.250. The van der Waals surface area contributed by atoms with E-state index in [0.717, 1.165) is 37.6 Å². The topological polar surface area (TPSA) is 39.1 Å². The van der Waals surface area contributed by atoms with Gasteiger partial charge in [0, 0.05) is 25.5 Å². The molecule has 1 heterocycles. The minimum absolute atomic E-state index is 0.758. The first-order valence-electron chi connectivity index (χ1n) is 8.37. The van der Waals surface area contributed by atoms with Crippen molar-refractivity contribution in [3.63, 3.8) is 0 Å². The summed E-state index contributed by atoms with van der Waals surface area (Å²) in [6.45, 7) is 4.46. The second-order valence-corrected chi connectivity index (χ2v) is 5.68. The highest BCUT2D eigenvalue weighted by molar-refractivity contribution is 5.40. The van der Waals surface area contributed by atoms with Crippen LogP contribution >= 0.6 is 0 Å². The maximum atomic E-state index is 5.69. The number of nitrogens with zero attached hydrogens (tertiary/aromatic N) is 2. The van der Waals surface area contributed by atoms with Gasteiger partial charge in [0.05, 0.1) is 12.3 Å². The molecule has 0 bridgehead atoms. The highest BCUT2D eigenvalue weighted by Gasteiger charge is 2.04. The molecule has 0 saturated carbocycles. The second kappa shape index (κ2) is 8.31. The van der Waals surface area contributed by atoms with Crippen LogP contribution in [-0.4, -0.2) is 16.4 Å². The average Bonchev–Trinajstić information content (AvgIpc) is 3.15. The van der Waals surface area contributed by atoms with Crippen LogP contribution in [0.2, 0.25) is 0 Å². The van der Waals surface area contributed by atoms with Crippen LogP contribution < -0.4 is 10.1 Å². The zero-order valence-corrected chi connectivity index (χ0v) is 14.0. The third-order valence-corrected chi connectivity index (χ3v) is 3.76. The first kappa shape index (κ1) is 16.3. The van der Waals surface area contributed by atoms with Gasteiger partial charge in [-0.1, -0.05) is 37.3 Å². The Hall–Kier alpha value is -2.59. The Kier molecular flexibility index (Phi) is 5.64. The predicted octanol–water partition coefficient (Wildman–Crippen LogP) is 3.95. The van der Waals surface area contributed by atoms with Gasteiger partial charge in [-0.3, -0.25) is 0 Å². The van der Waals surface area contributed by atoms with Crippen LogP contribution in [0.4, 0.5) is 0 Å². The molecule has 1 N–H and O–H groups in total. The lowest BCUT2D eigenvalue weighted by Crippen LogP contribution is -2.14. The first-order valence-corrected chi connectivity index (χ1v) is 8.37. The van der Waals surface area contributed by atoms with Gasteiger partial charge in [-0.25, -0.2) is 4.68 Å². The molecule has 0 atom stereocenters. The molecule has 0 fully saturated rings. The van der Waals surface area contributed by atoms with Crippen LogP contribution in [0, 0.1) is 0 Å². The van der Waals surface area contributed by atoms with Gasteiger partial charge in [0.15, 0.2) is 0 Å². The van der Waals surface area contributed by atoms with E-state index >= 15 is 0 Å². The lowest BCUT2D eigenvalue weighted by molar-refractivity contribution is 0.317. The molecule has 2 aromatic carbocycles. The number of hydrogen-bond donors (Lipinski definition) is 1. The molecule has 124 valence electrons. The Morgan fingerprint density at radius 3 is 2.79 bits per heavy atom. The fourth-order valence-corrected chi connectivity index (χ4v) is 2.60.